The number of amides is 2. The van der Waals surface area contributed by atoms with Gasteiger partial charge in [0.15, 0.2) is 0 Å². The maximum absolute atomic E-state index is 11.6. The Balaban J connectivity index is 1.60. The smallest absolute Gasteiger partial charge is 0.230 e. The molecule has 4 heteroatoms. The number of likely N-dealkylation sites (tertiary alicyclic amines) is 2. The number of carbonyl (C=O) groups excluding carboxylic acids is 2. The Hall–Kier alpha value is -1.68. The van der Waals surface area contributed by atoms with E-state index in [2.05, 4.69) is 29.2 Å². The molecule has 0 radical (unpaired) electrons. The maximum atomic E-state index is 11.6. The summed E-state index contributed by atoms with van der Waals surface area (Å²) in [6.07, 6.45) is 1.86. The Kier molecular flexibility index (Phi) is 3.34. The molecule has 2 aliphatic rings. The van der Waals surface area contributed by atoms with E-state index in [1.807, 2.05) is 6.07 Å². The number of carbonyl (C=O) groups is 2. The first-order valence-corrected chi connectivity index (χ1v) is 6.84. The van der Waals surface area contributed by atoms with E-state index < -0.39 is 0 Å². The van der Waals surface area contributed by atoms with Gasteiger partial charge in [0.2, 0.25) is 11.8 Å². The zero-order valence-corrected chi connectivity index (χ0v) is 10.9. The average Bonchev–Trinajstić information content (AvgIpc) is 3.02. The number of hydrogen-bond acceptors (Lipinski definition) is 3. The Morgan fingerprint density at radius 1 is 1.05 bits per heavy atom. The molecular weight excluding hydrogens is 240 g/mol. The van der Waals surface area contributed by atoms with Crippen molar-refractivity contribution in [1.82, 2.24) is 9.80 Å². The molecule has 0 spiro atoms. The predicted molar refractivity (Wildman–Crippen MR) is 71.3 cm³/mol. The molecule has 0 saturated carbocycles. The lowest BCUT2D eigenvalue weighted by Gasteiger charge is -2.22. The van der Waals surface area contributed by atoms with Crippen LogP contribution in [0.25, 0.3) is 0 Å². The second kappa shape index (κ2) is 5.13. The molecule has 2 heterocycles. The lowest BCUT2D eigenvalue weighted by molar-refractivity contribution is -0.140. The van der Waals surface area contributed by atoms with Crippen molar-refractivity contribution in [3.63, 3.8) is 0 Å². The van der Waals surface area contributed by atoms with Crippen LogP contribution in [0.15, 0.2) is 30.3 Å². The van der Waals surface area contributed by atoms with Gasteiger partial charge in [0.1, 0.15) is 0 Å². The van der Waals surface area contributed by atoms with Crippen LogP contribution in [0.4, 0.5) is 0 Å². The average molecular weight is 258 g/mol. The van der Waals surface area contributed by atoms with E-state index in [0.717, 1.165) is 19.5 Å². The Bertz CT molecular complexity index is 470. The fraction of sp³-hybridized carbons (Fsp3) is 0.467. The van der Waals surface area contributed by atoms with E-state index in [9.17, 15) is 9.59 Å². The zero-order valence-electron chi connectivity index (χ0n) is 10.9. The molecular formula is C15H18N2O2. The van der Waals surface area contributed by atoms with Crippen LogP contribution in [0, 0.1) is 0 Å². The summed E-state index contributed by atoms with van der Waals surface area (Å²) < 4.78 is 0. The molecule has 1 aromatic rings. The summed E-state index contributed by atoms with van der Waals surface area (Å²) in [5, 5.41) is 0. The summed E-state index contributed by atoms with van der Waals surface area (Å²) in [4.78, 5) is 26.8. The van der Waals surface area contributed by atoms with E-state index in [0.29, 0.717) is 25.4 Å². The summed E-state index contributed by atoms with van der Waals surface area (Å²) in [5.41, 5.74) is 1.35. The van der Waals surface area contributed by atoms with E-state index in [1.54, 1.807) is 0 Å². The lowest BCUT2D eigenvalue weighted by Crippen LogP contribution is -2.39. The quantitative estimate of drug-likeness (QED) is 0.773. The fourth-order valence-corrected chi connectivity index (χ4v) is 2.94. The normalized spacial score (nSPS) is 24.4. The number of nitrogens with zero attached hydrogens (tertiary/aromatic N) is 2. The van der Waals surface area contributed by atoms with Crippen molar-refractivity contribution >= 4 is 11.8 Å². The highest BCUT2D eigenvalue weighted by Crippen LogP contribution is 2.27. The third-order valence-corrected chi connectivity index (χ3v) is 4.04. The van der Waals surface area contributed by atoms with Gasteiger partial charge in [0.05, 0.1) is 6.67 Å². The lowest BCUT2D eigenvalue weighted by atomic mass is 9.99. The van der Waals surface area contributed by atoms with E-state index in [4.69, 9.17) is 0 Å². The molecule has 19 heavy (non-hydrogen) atoms. The van der Waals surface area contributed by atoms with Gasteiger partial charge in [-0.1, -0.05) is 30.3 Å². The molecule has 0 aliphatic carbocycles. The Morgan fingerprint density at radius 3 is 2.42 bits per heavy atom. The Labute approximate surface area is 113 Å². The molecule has 4 nitrogen and oxygen atoms in total. The first-order valence-electron chi connectivity index (χ1n) is 6.84. The van der Waals surface area contributed by atoms with Gasteiger partial charge in [0, 0.05) is 25.9 Å². The minimum atomic E-state index is -0.0202. The van der Waals surface area contributed by atoms with Crippen LogP contribution in [-0.4, -0.2) is 41.4 Å². The van der Waals surface area contributed by atoms with Gasteiger partial charge in [-0.05, 0) is 17.9 Å². The van der Waals surface area contributed by atoms with Crippen molar-refractivity contribution in [1.29, 1.82) is 0 Å². The highest BCUT2D eigenvalue weighted by molar-refractivity contribution is 6.01. The van der Waals surface area contributed by atoms with Crippen molar-refractivity contribution in [2.75, 3.05) is 19.8 Å². The summed E-state index contributed by atoms with van der Waals surface area (Å²) >= 11 is 0. The monoisotopic (exact) mass is 258 g/mol. The molecule has 1 atom stereocenters. The van der Waals surface area contributed by atoms with Gasteiger partial charge >= 0.3 is 0 Å². The van der Waals surface area contributed by atoms with E-state index in [-0.39, 0.29) is 11.8 Å². The minimum absolute atomic E-state index is 0.0202. The fourth-order valence-electron chi connectivity index (χ4n) is 2.94. The Morgan fingerprint density at radius 2 is 1.74 bits per heavy atom. The van der Waals surface area contributed by atoms with Crippen molar-refractivity contribution in [2.45, 2.75) is 25.2 Å². The molecule has 1 aromatic carbocycles. The van der Waals surface area contributed by atoms with Crippen LogP contribution in [0.3, 0.4) is 0 Å². The van der Waals surface area contributed by atoms with Crippen LogP contribution in [-0.2, 0) is 9.59 Å². The third kappa shape index (κ3) is 2.54. The summed E-state index contributed by atoms with van der Waals surface area (Å²) in [6.45, 7) is 2.36. The number of imide groups is 1. The first kappa shape index (κ1) is 12.4. The molecule has 1 unspecified atom stereocenters. The van der Waals surface area contributed by atoms with Gasteiger partial charge in [-0.15, -0.1) is 0 Å². The van der Waals surface area contributed by atoms with Crippen molar-refractivity contribution < 1.29 is 9.59 Å². The summed E-state index contributed by atoms with van der Waals surface area (Å²) in [5.74, 6) is 0.482. The molecule has 0 aromatic heterocycles. The van der Waals surface area contributed by atoms with Crippen molar-refractivity contribution in [2.24, 2.45) is 0 Å². The standard InChI is InChI=1S/C15H18N2O2/c18-14-6-7-15(19)17(14)11-16-9-8-13(10-16)12-4-2-1-3-5-12/h1-5,13H,6-11H2. The van der Waals surface area contributed by atoms with E-state index >= 15 is 0 Å². The highest BCUT2D eigenvalue weighted by Gasteiger charge is 2.32. The van der Waals surface area contributed by atoms with Gasteiger partial charge in [0.25, 0.3) is 0 Å². The van der Waals surface area contributed by atoms with Gasteiger partial charge in [-0.25, -0.2) is 0 Å². The molecule has 3 rings (SSSR count). The van der Waals surface area contributed by atoms with Crippen LogP contribution < -0.4 is 0 Å². The first-order chi connectivity index (χ1) is 9.24. The van der Waals surface area contributed by atoms with Gasteiger partial charge < -0.3 is 0 Å². The second-order valence-corrected chi connectivity index (χ2v) is 5.33. The van der Waals surface area contributed by atoms with Gasteiger partial charge in [-0.2, -0.15) is 0 Å². The second-order valence-electron chi connectivity index (χ2n) is 5.33. The topological polar surface area (TPSA) is 40.6 Å². The summed E-state index contributed by atoms with van der Waals surface area (Å²) in [7, 11) is 0. The molecule has 2 saturated heterocycles. The molecule has 2 fully saturated rings. The molecule has 2 amide bonds. The molecule has 100 valence electrons. The zero-order chi connectivity index (χ0) is 13.2. The number of hydrogen-bond donors (Lipinski definition) is 0. The molecule has 0 bridgehead atoms. The number of benzene rings is 1. The van der Waals surface area contributed by atoms with Crippen molar-refractivity contribution in [3.8, 4) is 0 Å². The van der Waals surface area contributed by atoms with Crippen LogP contribution >= 0.6 is 0 Å². The van der Waals surface area contributed by atoms with Crippen molar-refractivity contribution in [3.05, 3.63) is 35.9 Å². The van der Waals surface area contributed by atoms with Crippen LogP contribution in [0.1, 0.15) is 30.7 Å². The number of rotatable bonds is 3. The molecule has 0 N–H and O–H groups in total. The highest BCUT2D eigenvalue weighted by atomic mass is 16.2. The van der Waals surface area contributed by atoms with Crippen LogP contribution in [0.5, 0.6) is 0 Å². The maximum Gasteiger partial charge on any atom is 0.230 e. The predicted octanol–water partition coefficient (Wildman–Crippen LogP) is 1.58. The van der Waals surface area contributed by atoms with Crippen LogP contribution in [0.2, 0.25) is 0 Å². The minimum Gasteiger partial charge on any atom is -0.285 e. The summed E-state index contributed by atoms with van der Waals surface area (Å²) in [6, 6.07) is 10.5. The SMILES string of the molecule is O=C1CCC(=O)N1CN1CCC(c2ccccc2)C1. The van der Waals surface area contributed by atoms with E-state index in [1.165, 1.54) is 10.5 Å². The third-order valence-electron chi connectivity index (χ3n) is 4.04. The molecule has 2 aliphatic heterocycles. The van der Waals surface area contributed by atoms with Gasteiger partial charge in [-0.3, -0.25) is 19.4 Å². The largest absolute Gasteiger partial charge is 0.285 e.